The van der Waals surface area contributed by atoms with E-state index in [9.17, 15) is 4.79 Å². The highest BCUT2D eigenvalue weighted by molar-refractivity contribution is 5.75. The number of nitrogens with two attached hydrogens (primary N) is 1. The quantitative estimate of drug-likeness (QED) is 0.778. The average molecular weight is 270 g/mol. The van der Waals surface area contributed by atoms with Crippen LogP contribution in [0.1, 0.15) is 59.3 Å². The Morgan fingerprint density at radius 1 is 1.42 bits per heavy atom. The minimum absolute atomic E-state index is 0.0369. The van der Waals surface area contributed by atoms with Gasteiger partial charge in [0.25, 0.3) is 0 Å². The molecule has 0 aromatic rings. The number of carbonyl (C=O) groups is 1. The van der Waals surface area contributed by atoms with Gasteiger partial charge in [-0.3, -0.25) is 4.79 Å². The third-order valence-corrected chi connectivity index (χ3v) is 3.40. The Labute approximate surface area is 117 Å². The zero-order valence-electron chi connectivity index (χ0n) is 12.7. The highest BCUT2D eigenvalue weighted by Gasteiger charge is 2.17. The van der Waals surface area contributed by atoms with E-state index in [0.717, 1.165) is 32.3 Å². The van der Waals surface area contributed by atoms with Crippen LogP contribution < -0.4 is 11.1 Å². The van der Waals surface area contributed by atoms with E-state index in [2.05, 4.69) is 26.1 Å². The molecular weight excluding hydrogens is 240 g/mol. The minimum Gasteiger partial charge on any atom is -0.378 e. The summed E-state index contributed by atoms with van der Waals surface area (Å²) in [6, 6.07) is 0.0369. The lowest BCUT2D eigenvalue weighted by Crippen LogP contribution is -2.39. The number of carbonyl (C=O) groups excluding carboxylic acids is 1. The predicted octanol–water partition coefficient (Wildman–Crippen LogP) is 2.22. The van der Waals surface area contributed by atoms with E-state index >= 15 is 0 Å². The summed E-state index contributed by atoms with van der Waals surface area (Å²) in [5.74, 6) is 0.0959. The van der Waals surface area contributed by atoms with Gasteiger partial charge in [-0.15, -0.1) is 0 Å². The van der Waals surface area contributed by atoms with Gasteiger partial charge in [-0.05, 0) is 37.5 Å². The maximum absolute atomic E-state index is 11.7. The van der Waals surface area contributed by atoms with Crippen LogP contribution >= 0.6 is 0 Å². The van der Waals surface area contributed by atoms with Crippen molar-refractivity contribution in [2.75, 3.05) is 13.2 Å². The van der Waals surface area contributed by atoms with Gasteiger partial charge in [0.15, 0.2) is 0 Å². The monoisotopic (exact) mass is 270 g/mol. The van der Waals surface area contributed by atoms with Crippen molar-refractivity contribution in [2.24, 2.45) is 11.1 Å². The molecule has 0 bridgehead atoms. The van der Waals surface area contributed by atoms with Crippen molar-refractivity contribution < 1.29 is 9.53 Å². The second kappa shape index (κ2) is 7.85. The van der Waals surface area contributed by atoms with Crippen molar-refractivity contribution >= 4 is 5.91 Å². The number of hydrogen-bond donors (Lipinski definition) is 2. The summed E-state index contributed by atoms with van der Waals surface area (Å²) >= 11 is 0. The number of nitrogens with one attached hydrogen (secondary N) is 1. The molecule has 2 atom stereocenters. The number of ether oxygens (including phenoxy) is 1. The van der Waals surface area contributed by atoms with E-state index < -0.39 is 0 Å². The molecule has 0 aromatic carbocycles. The minimum atomic E-state index is 0.0369. The van der Waals surface area contributed by atoms with Crippen LogP contribution in [0.15, 0.2) is 0 Å². The number of hydrogen-bond acceptors (Lipinski definition) is 3. The standard InChI is InChI=1S/C15H30N2O2/c1-15(2,3)10-12(16)11-17-14(18)8-7-13-6-4-5-9-19-13/h12-13H,4-11,16H2,1-3H3,(H,17,18). The molecule has 4 nitrogen and oxygen atoms in total. The molecule has 0 aromatic heterocycles. The van der Waals surface area contributed by atoms with Crippen LogP contribution in [0.3, 0.4) is 0 Å². The molecule has 3 N–H and O–H groups in total. The van der Waals surface area contributed by atoms with E-state index in [-0.39, 0.29) is 23.5 Å². The van der Waals surface area contributed by atoms with Crippen molar-refractivity contribution in [3.8, 4) is 0 Å². The second-order valence-corrected chi connectivity index (χ2v) is 6.86. The van der Waals surface area contributed by atoms with Crippen LogP contribution in [0, 0.1) is 5.41 Å². The molecule has 1 aliphatic heterocycles. The molecular formula is C15H30N2O2. The molecule has 19 heavy (non-hydrogen) atoms. The molecule has 1 heterocycles. The third-order valence-electron chi connectivity index (χ3n) is 3.40. The molecule has 1 amide bonds. The zero-order valence-corrected chi connectivity index (χ0v) is 12.7. The van der Waals surface area contributed by atoms with Crippen LogP contribution in [0.4, 0.5) is 0 Å². The van der Waals surface area contributed by atoms with E-state index in [1.165, 1.54) is 6.42 Å². The molecule has 1 rings (SSSR count). The Hall–Kier alpha value is -0.610. The first-order chi connectivity index (χ1) is 8.87. The molecule has 0 spiro atoms. The van der Waals surface area contributed by atoms with Gasteiger partial charge in [0.05, 0.1) is 6.10 Å². The summed E-state index contributed by atoms with van der Waals surface area (Å²) in [7, 11) is 0. The predicted molar refractivity (Wildman–Crippen MR) is 77.9 cm³/mol. The summed E-state index contributed by atoms with van der Waals surface area (Å²) in [4.78, 5) is 11.7. The van der Waals surface area contributed by atoms with Gasteiger partial charge in [-0.25, -0.2) is 0 Å². The Morgan fingerprint density at radius 3 is 2.74 bits per heavy atom. The van der Waals surface area contributed by atoms with Gasteiger partial charge in [0, 0.05) is 25.6 Å². The zero-order chi connectivity index (χ0) is 14.3. The number of amides is 1. The molecule has 1 aliphatic rings. The molecule has 112 valence electrons. The van der Waals surface area contributed by atoms with Crippen LogP contribution in [0.25, 0.3) is 0 Å². The third kappa shape index (κ3) is 8.22. The normalized spacial score (nSPS) is 22.0. The smallest absolute Gasteiger partial charge is 0.220 e. The maximum Gasteiger partial charge on any atom is 0.220 e. The largest absolute Gasteiger partial charge is 0.378 e. The lowest BCUT2D eigenvalue weighted by molar-refractivity contribution is -0.122. The van der Waals surface area contributed by atoms with Crippen molar-refractivity contribution in [3.05, 3.63) is 0 Å². The van der Waals surface area contributed by atoms with Crippen molar-refractivity contribution in [3.63, 3.8) is 0 Å². The van der Waals surface area contributed by atoms with Crippen molar-refractivity contribution in [1.29, 1.82) is 0 Å². The van der Waals surface area contributed by atoms with Crippen molar-refractivity contribution in [2.45, 2.75) is 71.4 Å². The molecule has 1 saturated heterocycles. The van der Waals surface area contributed by atoms with Gasteiger partial charge >= 0.3 is 0 Å². The molecule has 4 heteroatoms. The highest BCUT2D eigenvalue weighted by Crippen LogP contribution is 2.19. The number of rotatable bonds is 6. The topological polar surface area (TPSA) is 64.3 Å². The summed E-state index contributed by atoms with van der Waals surface area (Å²) in [6.45, 7) is 7.91. The van der Waals surface area contributed by atoms with Gasteiger partial charge in [0.1, 0.15) is 0 Å². The Kier molecular flexibility index (Phi) is 6.80. The van der Waals surface area contributed by atoms with Crippen molar-refractivity contribution in [1.82, 2.24) is 5.32 Å². The van der Waals surface area contributed by atoms with E-state index in [4.69, 9.17) is 10.5 Å². The Morgan fingerprint density at radius 2 is 2.16 bits per heavy atom. The van der Waals surface area contributed by atoms with Gasteiger partial charge in [0.2, 0.25) is 5.91 Å². The lowest BCUT2D eigenvalue weighted by atomic mass is 9.88. The molecule has 0 radical (unpaired) electrons. The highest BCUT2D eigenvalue weighted by atomic mass is 16.5. The molecule has 1 fully saturated rings. The molecule has 0 aliphatic carbocycles. The summed E-state index contributed by atoms with van der Waals surface area (Å²) in [5, 5.41) is 2.93. The lowest BCUT2D eigenvalue weighted by Gasteiger charge is -2.24. The summed E-state index contributed by atoms with van der Waals surface area (Å²) < 4.78 is 5.62. The first-order valence-electron chi connectivity index (χ1n) is 7.51. The second-order valence-electron chi connectivity index (χ2n) is 6.86. The average Bonchev–Trinajstić information content (AvgIpc) is 2.33. The van der Waals surface area contributed by atoms with Crippen LogP contribution in [-0.2, 0) is 9.53 Å². The van der Waals surface area contributed by atoms with E-state index in [1.54, 1.807) is 0 Å². The fourth-order valence-corrected chi connectivity index (χ4v) is 2.52. The molecule has 0 saturated carbocycles. The summed E-state index contributed by atoms with van der Waals surface area (Å²) in [5.41, 5.74) is 6.22. The Balaban J connectivity index is 2.10. The van der Waals surface area contributed by atoms with Gasteiger partial charge in [-0.2, -0.15) is 0 Å². The Bertz CT molecular complexity index is 268. The fourth-order valence-electron chi connectivity index (χ4n) is 2.52. The SMILES string of the molecule is CC(C)(C)CC(N)CNC(=O)CCC1CCCCO1. The van der Waals surface area contributed by atoms with Gasteiger partial charge < -0.3 is 15.8 Å². The van der Waals surface area contributed by atoms with Crippen LogP contribution in [-0.4, -0.2) is 31.2 Å². The maximum atomic E-state index is 11.7. The summed E-state index contributed by atoms with van der Waals surface area (Å²) in [6.07, 6.45) is 6.05. The van der Waals surface area contributed by atoms with Crippen LogP contribution in [0.2, 0.25) is 0 Å². The first kappa shape index (κ1) is 16.4. The van der Waals surface area contributed by atoms with E-state index in [0.29, 0.717) is 13.0 Å². The van der Waals surface area contributed by atoms with Gasteiger partial charge in [-0.1, -0.05) is 20.8 Å². The van der Waals surface area contributed by atoms with E-state index in [1.807, 2.05) is 0 Å². The molecule has 2 unspecified atom stereocenters. The van der Waals surface area contributed by atoms with Crippen LogP contribution in [0.5, 0.6) is 0 Å². The fraction of sp³-hybridized carbons (Fsp3) is 0.933. The first-order valence-corrected chi connectivity index (χ1v) is 7.51.